The van der Waals surface area contributed by atoms with Crippen LogP contribution in [-0.4, -0.2) is 67.5 Å². The Morgan fingerprint density at radius 3 is 1.02 bits per heavy atom. The third kappa shape index (κ3) is 18.1. The van der Waals surface area contributed by atoms with Gasteiger partial charge in [0.2, 0.25) is 19.7 Å². The van der Waals surface area contributed by atoms with Crippen LogP contribution in [0.5, 0.6) is 34.5 Å². The number of hydrogen-bond acceptors (Lipinski definition) is 20. The molecule has 0 aromatic heterocycles. The van der Waals surface area contributed by atoms with Crippen LogP contribution < -0.4 is 18.9 Å². The molecule has 26 heteroatoms. The third-order valence-corrected chi connectivity index (χ3v) is 18.2. The molecule has 83 heavy (non-hydrogen) atoms. The molecule has 0 aliphatic carbocycles. The maximum atomic E-state index is 13.3. The lowest BCUT2D eigenvalue weighted by Gasteiger charge is -2.13. The van der Waals surface area contributed by atoms with Crippen molar-refractivity contribution in [3.05, 3.63) is 192 Å². The Kier molecular flexibility index (Phi) is 24.7. The summed E-state index contributed by atoms with van der Waals surface area (Å²) in [6.07, 6.45) is 0.644. The van der Waals surface area contributed by atoms with E-state index in [1.165, 1.54) is 48.5 Å². The monoisotopic (exact) mass is 1250 g/mol. The van der Waals surface area contributed by atoms with Crippen LogP contribution in [0.25, 0.3) is 11.1 Å². The van der Waals surface area contributed by atoms with Gasteiger partial charge in [0.1, 0.15) is 44.3 Å². The second kappa shape index (κ2) is 30.6. The minimum absolute atomic E-state index is 0.176. The molecule has 0 aliphatic rings. The van der Waals surface area contributed by atoms with Crippen molar-refractivity contribution in [1.29, 1.82) is 0 Å². The average Bonchev–Trinajstić information content (AvgIpc) is 3.67. The maximum absolute atomic E-state index is 13.3. The van der Waals surface area contributed by atoms with Crippen molar-refractivity contribution in [1.82, 2.24) is 0 Å². The van der Waals surface area contributed by atoms with E-state index in [-0.39, 0.29) is 37.7 Å². The number of aryl methyl sites for hydroxylation is 2. The van der Waals surface area contributed by atoms with Gasteiger partial charge in [-0.3, -0.25) is 9.11 Å². The third-order valence-electron chi connectivity index (χ3n) is 11.5. The lowest BCUT2D eigenvalue weighted by molar-refractivity contribution is -0.432. The number of methoxy groups -OCH3 is 2. The summed E-state index contributed by atoms with van der Waals surface area (Å²) < 4.78 is 152. The van der Waals surface area contributed by atoms with E-state index < -0.39 is 54.6 Å². The summed E-state index contributed by atoms with van der Waals surface area (Å²) in [4.78, 5) is -1.90. The van der Waals surface area contributed by atoms with E-state index >= 15 is 0 Å². The summed E-state index contributed by atoms with van der Waals surface area (Å²) in [7, 11) is -15.0. The second-order valence-corrected chi connectivity index (χ2v) is 24.8. The molecule has 8 aromatic carbocycles. The Morgan fingerprint density at radius 2 is 0.699 bits per heavy atom. The molecular weight excluding hydrogens is 1200 g/mol. The zero-order chi connectivity index (χ0) is 61.1. The van der Waals surface area contributed by atoms with E-state index in [9.17, 15) is 42.8 Å². The lowest BCUT2D eigenvalue weighted by atomic mass is 10.0. The van der Waals surface area contributed by atoms with E-state index in [2.05, 4.69) is 18.7 Å². The zero-order valence-electron chi connectivity index (χ0n) is 45.6. The maximum Gasteiger partial charge on any atom is 0.298 e. The van der Waals surface area contributed by atoms with Crippen LogP contribution in [0.4, 0.5) is 0 Å². The molecule has 0 unspecified atom stereocenters. The van der Waals surface area contributed by atoms with Crippen LogP contribution in [0.15, 0.2) is 209 Å². The topological polar surface area (TPSA) is 291 Å². The molecule has 0 bridgehead atoms. The summed E-state index contributed by atoms with van der Waals surface area (Å²) in [5.74, 6) is 1.50. The van der Waals surface area contributed by atoms with Crippen LogP contribution >= 0.6 is 24.1 Å². The molecule has 0 saturated carbocycles. The molecule has 0 atom stereocenters. The van der Waals surface area contributed by atoms with Gasteiger partial charge in [-0.2, -0.15) is 16.8 Å². The van der Waals surface area contributed by atoms with Gasteiger partial charge in [0.15, 0.2) is 0 Å². The molecule has 0 fully saturated rings. The van der Waals surface area contributed by atoms with Gasteiger partial charge >= 0.3 is 0 Å². The normalized spacial score (nSPS) is 11.4. The number of ether oxygens (including phenoxy) is 4. The summed E-state index contributed by atoms with van der Waals surface area (Å²) in [5.41, 5.74) is 5.10. The fourth-order valence-electron chi connectivity index (χ4n) is 7.34. The minimum atomic E-state index is -4.87. The second-order valence-electron chi connectivity index (χ2n) is 16.6. The van der Waals surface area contributed by atoms with E-state index in [0.717, 1.165) is 52.3 Å². The van der Waals surface area contributed by atoms with Crippen molar-refractivity contribution in [3.63, 3.8) is 0 Å². The molecule has 0 aliphatic heterocycles. The van der Waals surface area contributed by atoms with Gasteiger partial charge in [-0.15, -0.1) is 8.67 Å². The Morgan fingerprint density at radius 1 is 0.398 bits per heavy atom. The van der Waals surface area contributed by atoms with E-state index in [1.807, 2.05) is 88.4 Å². The first-order chi connectivity index (χ1) is 39.5. The van der Waals surface area contributed by atoms with Gasteiger partial charge in [-0.05, 0) is 163 Å². The zero-order valence-corrected chi connectivity index (χ0v) is 50.5. The van der Waals surface area contributed by atoms with Crippen molar-refractivity contribution in [2.75, 3.05) is 14.2 Å². The SMILES string of the molecule is CC.CC.COc1ccc(-c2ccc(Oc3ccc(S(=O)(=O)c4ccc(C)c(SOOO)c4)cc3S(=O)(=O)O)cc2)cc1.COc1ccc(Cc2ccc(Oc3ccc(S(=O)(=O)c4ccc(C)c(SOOO)c4)cc3S(=O)(=O)O)cc2)cc1. The van der Waals surface area contributed by atoms with Gasteiger partial charge in [0.25, 0.3) is 20.2 Å². The highest BCUT2D eigenvalue weighted by atomic mass is 32.2. The largest absolute Gasteiger partial charge is 0.497 e. The number of hydrogen-bond donors (Lipinski definition) is 4. The predicted octanol–water partition coefficient (Wildman–Crippen LogP) is 13.9. The molecule has 0 spiro atoms. The lowest BCUT2D eigenvalue weighted by Crippen LogP contribution is -2.07. The van der Waals surface area contributed by atoms with Crippen molar-refractivity contribution in [3.8, 4) is 45.6 Å². The molecule has 0 saturated heterocycles. The molecular formula is C57H58O20S6. The predicted molar refractivity (Wildman–Crippen MR) is 311 cm³/mol. The number of sulfone groups is 2. The van der Waals surface area contributed by atoms with Crippen molar-refractivity contribution >= 4 is 64.0 Å². The summed E-state index contributed by atoms with van der Waals surface area (Å²) in [6.45, 7) is 11.4. The quantitative estimate of drug-likeness (QED) is 0.0225. The van der Waals surface area contributed by atoms with Crippen LogP contribution in [-0.2, 0) is 65.1 Å². The van der Waals surface area contributed by atoms with Crippen LogP contribution in [0, 0.1) is 13.8 Å². The molecule has 442 valence electrons. The van der Waals surface area contributed by atoms with E-state index in [0.29, 0.717) is 57.2 Å². The van der Waals surface area contributed by atoms with Gasteiger partial charge in [0.05, 0.1) is 57.9 Å². The Balaban J connectivity index is 0.000000287. The molecule has 0 amide bonds. The molecule has 0 heterocycles. The van der Waals surface area contributed by atoms with Crippen molar-refractivity contribution < 1.29 is 91.0 Å². The first-order valence-electron chi connectivity index (χ1n) is 24.6. The summed E-state index contributed by atoms with van der Waals surface area (Å²) >= 11 is 1.18. The molecule has 8 aromatic rings. The van der Waals surface area contributed by atoms with E-state index in [4.69, 9.17) is 29.5 Å². The Labute approximate surface area is 491 Å². The fourth-order valence-corrected chi connectivity index (χ4v) is 12.5. The van der Waals surface area contributed by atoms with Gasteiger partial charge in [0, 0.05) is 9.79 Å². The average molecular weight is 1260 g/mol. The first kappa shape index (κ1) is 66.9. The highest BCUT2D eigenvalue weighted by Crippen LogP contribution is 2.38. The van der Waals surface area contributed by atoms with Gasteiger partial charge < -0.3 is 18.9 Å². The highest BCUT2D eigenvalue weighted by Gasteiger charge is 2.27. The summed E-state index contributed by atoms with van der Waals surface area (Å²) in [5, 5.41) is 23.9. The highest BCUT2D eigenvalue weighted by molar-refractivity contribution is 7.95. The fraction of sp³-hybridized carbons (Fsp3) is 0.158. The molecule has 8 rings (SSSR count). The standard InChI is InChI=1S/C27H24O10S3.C26H22O10S3.2C2H6/c1-18-3-12-23(16-26(18)38-37-36-28)39(29,30)24-13-14-25(27(17-24)40(31,32)33)35-22-10-6-20(7-11-22)15-19-4-8-21(34-2)9-5-19;1-17-3-12-22(15-25(17)37-36-35-27)38(28,29)23-13-14-24(26(16-23)39(30,31)32)34-21-10-6-19(7-11-21)18-4-8-20(33-2)9-5-18;2*1-2/h3-14,16-17,28H,15H2,1-2H3,(H,31,32,33);3-16,27H,1-2H3,(H,30,31,32);2*1-2H3. The Bertz CT molecular complexity index is 3900. The van der Waals surface area contributed by atoms with Gasteiger partial charge in [-0.1, -0.05) is 98.4 Å². The summed E-state index contributed by atoms with van der Waals surface area (Å²) in [6, 6.07) is 43.2. The minimum Gasteiger partial charge on any atom is -0.497 e. The van der Waals surface area contributed by atoms with Crippen LogP contribution in [0.2, 0.25) is 0 Å². The number of rotatable bonds is 21. The molecule has 4 N–H and O–H groups in total. The van der Waals surface area contributed by atoms with Crippen molar-refractivity contribution in [2.24, 2.45) is 0 Å². The Hall–Kier alpha value is -6.86. The molecule has 20 nitrogen and oxygen atoms in total. The van der Waals surface area contributed by atoms with Crippen molar-refractivity contribution in [2.45, 2.75) is 87.1 Å². The smallest absolute Gasteiger partial charge is 0.298 e. The molecule has 0 radical (unpaired) electrons. The van der Waals surface area contributed by atoms with Gasteiger partial charge in [-0.25, -0.2) is 27.4 Å². The number of benzene rings is 8. The van der Waals surface area contributed by atoms with Crippen LogP contribution in [0.3, 0.4) is 0 Å². The van der Waals surface area contributed by atoms with Crippen LogP contribution in [0.1, 0.15) is 49.9 Å². The first-order valence-corrected chi connectivity index (χ1v) is 31.9. The van der Waals surface area contributed by atoms with E-state index in [1.54, 1.807) is 64.5 Å².